The van der Waals surface area contributed by atoms with Gasteiger partial charge in [-0.2, -0.15) is 0 Å². The topological polar surface area (TPSA) is 66.5 Å². The van der Waals surface area contributed by atoms with E-state index in [0.717, 1.165) is 27.3 Å². The minimum absolute atomic E-state index is 0.353. The smallest absolute Gasteiger partial charge is 0.245 e. The molecule has 26 heavy (non-hydrogen) atoms. The zero-order chi connectivity index (χ0) is 19.6. The maximum Gasteiger partial charge on any atom is 0.245 e. The SMILES string of the molecule is Cc1cc(C)c(N(CC(=O)Nc2cc(Cl)cc(Cl)c2)S(C)(=O)=O)c(C)c1. The number of hydrogen-bond donors (Lipinski definition) is 1. The van der Waals surface area contributed by atoms with E-state index in [9.17, 15) is 13.2 Å². The zero-order valence-corrected chi connectivity index (χ0v) is 17.3. The summed E-state index contributed by atoms with van der Waals surface area (Å²) in [7, 11) is -3.66. The van der Waals surface area contributed by atoms with Crippen molar-refractivity contribution in [2.75, 3.05) is 22.4 Å². The Morgan fingerprint density at radius 1 is 1.00 bits per heavy atom. The van der Waals surface area contributed by atoms with Gasteiger partial charge in [-0.15, -0.1) is 0 Å². The molecule has 0 bridgehead atoms. The van der Waals surface area contributed by atoms with Crippen LogP contribution < -0.4 is 9.62 Å². The van der Waals surface area contributed by atoms with Crippen LogP contribution in [0.2, 0.25) is 10.0 Å². The molecule has 0 atom stereocenters. The first-order valence-corrected chi connectivity index (χ1v) is 10.4. The van der Waals surface area contributed by atoms with E-state index in [2.05, 4.69) is 5.32 Å². The molecule has 2 aromatic carbocycles. The van der Waals surface area contributed by atoms with Crippen molar-refractivity contribution in [1.82, 2.24) is 0 Å². The van der Waals surface area contributed by atoms with Crippen LogP contribution in [0.1, 0.15) is 16.7 Å². The van der Waals surface area contributed by atoms with Gasteiger partial charge in [0.25, 0.3) is 0 Å². The van der Waals surface area contributed by atoms with Crippen LogP contribution >= 0.6 is 23.2 Å². The number of carbonyl (C=O) groups is 1. The number of hydrogen-bond acceptors (Lipinski definition) is 3. The predicted molar refractivity (Wildman–Crippen MR) is 108 cm³/mol. The Hall–Kier alpha value is -1.76. The molecule has 1 amide bonds. The van der Waals surface area contributed by atoms with E-state index in [4.69, 9.17) is 23.2 Å². The summed E-state index contributed by atoms with van der Waals surface area (Å²) in [6.07, 6.45) is 1.08. The largest absolute Gasteiger partial charge is 0.324 e. The standard InChI is InChI=1S/C18H20Cl2N2O3S/c1-11-5-12(2)18(13(3)6-11)22(26(4,24)25)10-17(23)21-16-8-14(19)7-15(20)9-16/h5-9H,10H2,1-4H3,(H,21,23). The van der Waals surface area contributed by atoms with E-state index in [1.54, 1.807) is 18.2 Å². The van der Waals surface area contributed by atoms with E-state index in [1.807, 2.05) is 32.9 Å². The molecule has 0 aliphatic carbocycles. The summed E-state index contributed by atoms with van der Waals surface area (Å²) in [5.41, 5.74) is 3.50. The summed E-state index contributed by atoms with van der Waals surface area (Å²) in [5.74, 6) is -0.492. The number of rotatable bonds is 5. The number of anilines is 2. The lowest BCUT2D eigenvalue weighted by Gasteiger charge is -2.26. The first kappa shape index (κ1) is 20.6. The molecule has 0 heterocycles. The monoisotopic (exact) mass is 414 g/mol. The van der Waals surface area contributed by atoms with Gasteiger partial charge in [0.05, 0.1) is 11.9 Å². The number of carbonyl (C=O) groups excluding carboxylic acids is 1. The second kappa shape index (κ2) is 7.86. The molecule has 5 nitrogen and oxygen atoms in total. The van der Waals surface area contributed by atoms with Gasteiger partial charge < -0.3 is 5.32 Å². The van der Waals surface area contributed by atoms with Crippen LogP contribution in [0.4, 0.5) is 11.4 Å². The van der Waals surface area contributed by atoms with Crippen molar-refractivity contribution in [2.24, 2.45) is 0 Å². The third kappa shape index (κ3) is 5.13. The molecular formula is C18H20Cl2N2O3S. The molecule has 8 heteroatoms. The van der Waals surface area contributed by atoms with Crippen molar-refractivity contribution in [3.63, 3.8) is 0 Å². The summed E-state index contributed by atoms with van der Waals surface area (Å²) in [6.45, 7) is 5.22. The van der Waals surface area contributed by atoms with Crippen molar-refractivity contribution in [1.29, 1.82) is 0 Å². The number of aryl methyl sites for hydroxylation is 3. The van der Waals surface area contributed by atoms with Crippen LogP contribution in [-0.4, -0.2) is 27.1 Å². The Morgan fingerprint density at radius 3 is 1.96 bits per heavy atom. The fourth-order valence-electron chi connectivity index (χ4n) is 2.88. The van der Waals surface area contributed by atoms with Crippen LogP contribution in [0.15, 0.2) is 30.3 Å². The molecule has 0 saturated carbocycles. The van der Waals surface area contributed by atoms with Crippen LogP contribution in [0.3, 0.4) is 0 Å². The maximum atomic E-state index is 12.5. The Kier molecular flexibility index (Phi) is 6.21. The zero-order valence-electron chi connectivity index (χ0n) is 14.9. The number of nitrogens with zero attached hydrogens (tertiary/aromatic N) is 1. The average Bonchev–Trinajstić information content (AvgIpc) is 2.42. The Balaban J connectivity index is 2.34. The first-order valence-electron chi connectivity index (χ1n) is 7.79. The lowest BCUT2D eigenvalue weighted by atomic mass is 10.1. The third-order valence-corrected chi connectivity index (χ3v) is 5.27. The Labute approximate surface area is 164 Å². The highest BCUT2D eigenvalue weighted by atomic mass is 35.5. The second-order valence-corrected chi connectivity index (χ2v) is 9.00. The molecule has 0 saturated heterocycles. The fourth-order valence-corrected chi connectivity index (χ4v) is 4.38. The lowest BCUT2D eigenvalue weighted by Crippen LogP contribution is -2.38. The normalized spacial score (nSPS) is 11.3. The molecule has 0 aromatic heterocycles. The fraction of sp³-hybridized carbons (Fsp3) is 0.278. The van der Waals surface area contributed by atoms with Gasteiger partial charge in [0.2, 0.25) is 15.9 Å². The molecule has 1 N–H and O–H groups in total. The highest BCUT2D eigenvalue weighted by molar-refractivity contribution is 7.92. The van der Waals surface area contributed by atoms with Gasteiger partial charge in [-0.05, 0) is 50.1 Å². The average molecular weight is 415 g/mol. The number of halogens is 2. The minimum atomic E-state index is -3.66. The minimum Gasteiger partial charge on any atom is -0.324 e. The summed E-state index contributed by atoms with van der Waals surface area (Å²) in [5, 5.41) is 3.38. The van der Waals surface area contributed by atoms with Crippen LogP contribution in [0, 0.1) is 20.8 Å². The number of amides is 1. The van der Waals surface area contributed by atoms with Crippen LogP contribution in [0.5, 0.6) is 0 Å². The molecule has 0 aliphatic heterocycles. The van der Waals surface area contributed by atoms with E-state index in [-0.39, 0.29) is 6.54 Å². The van der Waals surface area contributed by atoms with E-state index in [1.165, 1.54) is 0 Å². The third-order valence-electron chi connectivity index (χ3n) is 3.72. The summed E-state index contributed by atoms with van der Waals surface area (Å²) >= 11 is 11.8. The predicted octanol–water partition coefficient (Wildman–Crippen LogP) is 4.32. The highest BCUT2D eigenvalue weighted by Crippen LogP contribution is 2.28. The quantitative estimate of drug-likeness (QED) is 0.791. The molecule has 0 unspecified atom stereocenters. The van der Waals surface area contributed by atoms with Gasteiger partial charge in [0.15, 0.2) is 0 Å². The molecule has 2 aromatic rings. The number of nitrogens with one attached hydrogen (secondary N) is 1. The molecule has 0 aliphatic rings. The first-order chi connectivity index (χ1) is 12.0. The molecule has 0 spiro atoms. The van der Waals surface area contributed by atoms with Gasteiger partial charge in [-0.1, -0.05) is 40.9 Å². The van der Waals surface area contributed by atoms with Crippen molar-refractivity contribution in [2.45, 2.75) is 20.8 Å². The molecule has 2 rings (SSSR count). The van der Waals surface area contributed by atoms with Crippen molar-refractivity contribution in [3.05, 3.63) is 57.1 Å². The van der Waals surface area contributed by atoms with Crippen LogP contribution in [-0.2, 0) is 14.8 Å². The van der Waals surface area contributed by atoms with Gasteiger partial charge in [0, 0.05) is 15.7 Å². The Morgan fingerprint density at radius 2 is 1.50 bits per heavy atom. The number of sulfonamides is 1. The van der Waals surface area contributed by atoms with E-state index >= 15 is 0 Å². The molecule has 0 fully saturated rings. The molecule has 0 radical (unpaired) electrons. The molecule has 140 valence electrons. The van der Waals surface area contributed by atoms with Crippen molar-refractivity contribution < 1.29 is 13.2 Å². The van der Waals surface area contributed by atoms with Crippen molar-refractivity contribution in [3.8, 4) is 0 Å². The van der Waals surface area contributed by atoms with E-state index in [0.29, 0.717) is 21.4 Å². The summed E-state index contributed by atoms with van der Waals surface area (Å²) in [6, 6.07) is 8.39. The Bertz CT molecular complexity index is 916. The summed E-state index contributed by atoms with van der Waals surface area (Å²) in [4.78, 5) is 12.5. The van der Waals surface area contributed by atoms with Gasteiger partial charge >= 0.3 is 0 Å². The number of benzene rings is 2. The maximum absolute atomic E-state index is 12.5. The van der Waals surface area contributed by atoms with Crippen molar-refractivity contribution >= 4 is 50.5 Å². The van der Waals surface area contributed by atoms with Gasteiger partial charge in [-0.3, -0.25) is 9.10 Å². The van der Waals surface area contributed by atoms with Gasteiger partial charge in [0.1, 0.15) is 6.54 Å². The molecular weight excluding hydrogens is 395 g/mol. The second-order valence-electron chi connectivity index (χ2n) is 6.22. The van der Waals surface area contributed by atoms with Crippen LogP contribution in [0.25, 0.3) is 0 Å². The lowest BCUT2D eigenvalue weighted by molar-refractivity contribution is -0.114. The summed E-state index contributed by atoms with van der Waals surface area (Å²) < 4.78 is 25.8. The highest BCUT2D eigenvalue weighted by Gasteiger charge is 2.24. The van der Waals surface area contributed by atoms with Gasteiger partial charge in [-0.25, -0.2) is 8.42 Å². The van der Waals surface area contributed by atoms with E-state index < -0.39 is 15.9 Å².